The summed E-state index contributed by atoms with van der Waals surface area (Å²) >= 11 is 0. The topological polar surface area (TPSA) is 32.3 Å². The molecule has 2 rings (SSSR count). The summed E-state index contributed by atoms with van der Waals surface area (Å²) in [6, 6.07) is 0.737. The van der Waals surface area contributed by atoms with Crippen molar-refractivity contribution in [3.8, 4) is 0 Å². The first kappa shape index (κ1) is 15.8. The average molecular weight is 280 g/mol. The van der Waals surface area contributed by atoms with Crippen LogP contribution in [0.5, 0.6) is 0 Å². The number of unbranched alkanes of at least 4 members (excludes halogenated alkanes) is 4. The van der Waals surface area contributed by atoms with Crippen molar-refractivity contribution in [1.82, 2.24) is 10.2 Å². The standard InChI is InChI=1S/C17H32N2O/c1-2-3-4-5-6-9-17(20)19-13-10-15(11-14-19)16-8-7-12-18-16/h15-16,18H,2-14H2,1H3. The molecule has 0 saturated carbocycles. The first-order chi connectivity index (χ1) is 9.81. The molecule has 0 aromatic heterocycles. The number of piperidine rings is 1. The Bertz CT molecular complexity index is 279. The lowest BCUT2D eigenvalue weighted by atomic mass is 9.88. The Morgan fingerprint density at radius 1 is 1.10 bits per heavy atom. The van der Waals surface area contributed by atoms with E-state index in [9.17, 15) is 4.79 Å². The van der Waals surface area contributed by atoms with Crippen LogP contribution in [0, 0.1) is 5.92 Å². The zero-order chi connectivity index (χ0) is 14.2. The monoisotopic (exact) mass is 280 g/mol. The van der Waals surface area contributed by atoms with Crippen LogP contribution in [0.2, 0.25) is 0 Å². The molecule has 2 aliphatic heterocycles. The second kappa shape index (κ2) is 8.66. The molecular formula is C17H32N2O. The highest BCUT2D eigenvalue weighted by atomic mass is 16.2. The highest BCUT2D eigenvalue weighted by molar-refractivity contribution is 5.76. The summed E-state index contributed by atoms with van der Waals surface area (Å²) in [7, 11) is 0. The predicted octanol–water partition coefficient (Wildman–Crippen LogP) is 3.34. The van der Waals surface area contributed by atoms with Gasteiger partial charge in [0, 0.05) is 25.6 Å². The van der Waals surface area contributed by atoms with E-state index in [-0.39, 0.29) is 0 Å². The number of carbonyl (C=O) groups is 1. The van der Waals surface area contributed by atoms with Crippen LogP contribution in [-0.4, -0.2) is 36.5 Å². The molecule has 3 nitrogen and oxygen atoms in total. The maximum atomic E-state index is 12.2. The number of amides is 1. The third kappa shape index (κ3) is 4.76. The van der Waals surface area contributed by atoms with Crippen molar-refractivity contribution in [3.05, 3.63) is 0 Å². The first-order valence-electron chi connectivity index (χ1n) is 8.82. The molecule has 2 heterocycles. The summed E-state index contributed by atoms with van der Waals surface area (Å²) in [4.78, 5) is 14.3. The van der Waals surface area contributed by atoms with Gasteiger partial charge in [0.2, 0.25) is 5.91 Å². The Labute approximate surface area is 124 Å². The van der Waals surface area contributed by atoms with Crippen molar-refractivity contribution >= 4 is 5.91 Å². The van der Waals surface area contributed by atoms with E-state index >= 15 is 0 Å². The lowest BCUT2D eigenvalue weighted by Gasteiger charge is -2.35. The zero-order valence-electron chi connectivity index (χ0n) is 13.2. The molecule has 0 aromatic carbocycles. The number of nitrogens with zero attached hydrogens (tertiary/aromatic N) is 1. The summed E-state index contributed by atoms with van der Waals surface area (Å²) in [6.45, 7) is 5.42. The molecule has 1 amide bonds. The summed E-state index contributed by atoms with van der Waals surface area (Å²) < 4.78 is 0. The maximum Gasteiger partial charge on any atom is 0.222 e. The van der Waals surface area contributed by atoms with E-state index in [1.807, 2.05) is 0 Å². The molecule has 1 N–H and O–H groups in total. The van der Waals surface area contributed by atoms with Crippen LogP contribution in [0.1, 0.15) is 71.1 Å². The fraction of sp³-hybridized carbons (Fsp3) is 0.941. The van der Waals surface area contributed by atoms with E-state index in [1.165, 1.54) is 57.9 Å². The van der Waals surface area contributed by atoms with Gasteiger partial charge in [0.1, 0.15) is 0 Å². The number of likely N-dealkylation sites (tertiary alicyclic amines) is 1. The van der Waals surface area contributed by atoms with Gasteiger partial charge in [0.25, 0.3) is 0 Å². The summed E-state index contributed by atoms with van der Waals surface area (Å²) in [5, 5.41) is 3.62. The molecule has 0 radical (unpaired) electrons. The molecule has 0 aliphatic carbocycles. The van der Waals surface area contributed by atoms with Crippen LogP contribution in [0.4, 0.5) is 0 Å². The van der Waals surface area contributed by atoms with Gasteiger partial charge in [-0.1, -0.05) is 32.6 Å². The third-order valence-electron chi connectivity index (χ3n) is 5.05. The van der Waals surface area contributed by atoms with E-state index in [0.29, 0.717) is 5.91 Å². The van der Waals surface area contributed by atoms with E-state index in [4.69, 9.17) is 0 Å². The minimum Gasteiger partial charge on any atom is -0.343 e. The van der Waals surface area contributed by atoms with Crippen molar-refractivity contribution in [1.29, 1.82) is 0 Å². The van der Waals surface area contributed by atoms with Gasteiger partial charge < -0.3 is 10.2 Å². The predicted molar refractivity (Wildman–Crippen MR) is 83.7 cm³/mol. The normalized spacial score (nSPS) is 24.2. The van der Waals surface area contributed by atoms with Gasteiger partial charge in [0.05, 0.1) is 0 Å². The highest BCUT2D eigenvalue weighted by Gasteiger charge is 2.29. The lowest BCUT2D eigenvalue weighted by Crippen LogP contribution is -2.43. The Kier molecular flexibility index (Phi) is 6.85. The Morgan fingerprint density at radius 2 is 1.85 bits per heavy atom. The molecular weight excluding hydrogens is 248 g/mol. The molecule has 0 aromatic rings. The SMILES string of the molecule is CCCCCCCC(=O)N1CCC(C2CCCN2)CC1. The van der Waals surface area contributed by atoms with Gasteiger partial charge in [-0.2, -0.15) is 0 Å². The smallest absolute Gasteiger partial charge is 0.222 e. The Morgan fingerprint density at radius 3 is 2.50 bits per heavy atom. The molecule has 2 aliphatic rings. The largest absolute Gasteiger partial charge is 0.343 e. The second-order valence-electron chi connectivity index (χ2n) is 6.59. The molecule has 2 saturated heterocycles. The van der Waals surface area contributed by atoms with E-state index in [1.54, 1.807) is 0 Å². The number of carbonyl (C=O) groups excluding carboxylic acids is 1. The summed E-state index contributed by atoms with van der Waals surface area (Å²) in [6.07, 6.45) is 12.1. The minimum absolute atomic E-state index is 0.402. The Balaban J connectivity index is 1.59. The van der Waals surface area contributed by atoms with Crippen molar-refractivity contribution in [2.75, 3.05) is 19.6 Å². The molecule has 1 unspecified atom stereocenters. The van der Waals surface area contributed by atoms with Gasteiger partial charge in [-0.25, -0.2) is 0 Å². The summed E-state index contributed by atoms with van der Waals surface area (Å²) in [5.74, 6) is 1.21. The van der Waals surface area contributed by atoms with Crippen LogP contribution in [0.25, 0.3) is 0 Å². The van der Waals surface area contributed by atoms with Crippen molar-refractivity contribution < 1.29 is 4.79 Å². The van der Waals surface area contributed by atoms with Crippen LogP contribution < -0.4 is 5.32 Å². The highest BCUT2D eigenvalue weighted by Crippen LogP contribution is 2.26. The van der Waals surface area contributed by atoms with Crippen molar-refractivity contribution in [2.24, 2.45) is 5.92 Å². The van der Waals surface area contributed by atoms with Crippen LogP contribution in [0.3, 0.4) is 0 Å². The van der Waals surface area contributed by atoms with Gasteiger partial charge in [-0.05, 0) is 44.6 Å². The summed E-state index contributed by atoms with van der Waals surface area (Å²) in [5.41, 5.74) is 0. The minimum atomic E-state index is 0.402. The van der Waals surface area contributed by atoms with Crippen LogP contribution in [-0.2, 0) is 4.79 Å². The average Bonchev–Trinajstić information content (AvgIpc) is 3.01. The fourth-order valence-corrected chi connectivity index (χ4v) is 3.70. The van der Waals surface area contributed by atoms with Crippen molar-refractivity contribution in [2.45, 2.75) is 77.2 Å². The molecule has 116 valence electrons. The lowest BCUT2D eigenvalue weighted by molar-refractivity contribution is -0.132. The number of rotatable bonds is 7. The number of hydrogen-bond acceptors (Lipinski definition) is 2. The molecule has 2 fully saturated rings. The molecule has 1 atom stereocenters. The van der Waals surface area contributed by atoms with E-state index in [0.717, 1.165) is 37.9 Å². The zero-order valence-corrected chi connectivity index (χ0v) is 13.2. The van der Waals surface area contributed by atoms with Gasteiger partial charge in [0.15, 0.2) is 0 Å². The number of nitrogens with one attached hydrogen (secondary N) is 1. The fourth-order valence-electron chi connectivity index (χ4n) is 3.70. The molecule has 3 heteroatoms. The first-order valence-corrected chi connectivity index (χ1v) is 8.82. The van der Waals surface area contributed by atoms with Gasteiger partial charge in [-0.15, -0.1) is 0 Å². The van der Waals surface area contributed by atoms with Crippen LogP contribution in [0.15, 0.2) is 0 Å². The molecule has 0 spiro atoms. The van der Waals surface area contributed by atoms with Gasteiger partial charge in [-0.3, -0.25) is 4.79 Å². The van der Waals surface area contributed by atoms with E-state index < -0.39 is 0 Å². The van der Waals surface area contributed by atoms with Crippen LogP contribution >= 0.6 is 0 Å². The van der Waals surface area contributed by atoms with Crippen molar-refractivity contribution in [3.63, 3.8) is 0 Å². The maximum absolute atomic E-state index is 12.2. The molecule has 20 heavy (non-hydrogen) atoms. The van der Waals surface area contributed by atoms with Gasteiger partial charge >= 0.3 is 0 Å². The van der Waals surface area contributed by atoms with E-state index in [2.05, 4.69) is 17.1 Å². The number of hydrogen-bond donors (Lipinski definition) is 1. The quantitative estimate of drug-likeness (QED) is 0.725. The third-order valence-corrected chi connectivity index (χ3v) is 5.05. The molecule has 0 bridgehead atoms. The Hall–Kier alpha value is -0.570. The second-order valence-corrected chi connectivity index (χ2v) is 6.59.